The Morgan fingerprint density at radius 2 is 1.55 bits per heavy atom. The maximum Gasteiger partial charge on any atom is 0.194 e. The highest BCUT2D eigenvalue weighted by Crippen LogP contribution is 2.62. The minimum absolute atomic E-state index is 0.125. The van der Waals surface area contributed by atoms with Gasteiger partial charge in [-0.25, -0.2) is 0 Å². The van der Waals surface area contributed by atoms with Crippen molar-refractivity contribution in [3.63, 3.8) is 0 Å². The summed E-state index contributed by atoms with van der Waals surface area (Å²) in [6, 6.07) is 0. The molecule has 4 saturated carbocycles. The van der Waals surface area contributed by atoms with E-state index in [1.807, 2.05) is 6.26 Å². The van der Waals surface area contributed by atoms with Gasteiger partial charge in [-0.2, -0.15) is 0 Å². The lowest BCUT2D eigenvalue weighted by atomic mass is 9.47. The summed E-state index contributed by atoms with van der Waals surface area (Å²) in [5.41, 5.74) is 9.51. The van der Waals surface area contributed by atoms with E-state index in [4.69, 9.17) is 10.2 Å². The van der Waals surface area contributed by atoms with E-state index in [9.17, 15) is 0 Å². The van der Waals surface area contributed by atoms with Crippen molar-refractivity contribution in [3.05, 3.63) is 17.4 Å². The zero-order valence-corrected chi connectivity index (χ0v) is 13.0. The van der Waals surface area contributed by atoms with Crippen LogP contribution in [-0.4, -0.2) is 0 Å². The fourth-order valence-electron chi connectivity index (χ4n) is 5.89. The molecule has 20 heavy (non-hydrogen) atoms. The van der Waals surface area contributed by atoms with Crippen LogP contribution in [0, 0.1) is 17.8 Å². The fraction of sp³-hybridized carbons (Fsp3) is 0.778. The molecule has 0 atom stereocenters. The molecule has 2 N–H and O–H groups in total. The molecule has 2 nitrogen and oxygen atoms in total. The van der Waals surface area contributed by atoms with Crippen molar-refractivity contribution in [2.45, 2.75) is 70.1 Å². The molecule has 0 aliphatic heterocycles. The maximum atomic E-state index is 6.29. The van der Waals surface area contributed by atoms with Gasteiger partial charge >= 0.3 is 0 Å². The van der Waals surface area contributed by atoms with Crippen LogP contribution in [0.4, 0.5) is 5.88 Å². The van der Waals surface area contributed by atoms with E-state index in [0.29, 0.717) is 11.3 Å². The lowest BCUT2D eigenvalue weighted by Gasteiger charge is -2.57. The Hall–Kier alpha value is -0.920. The summed E-state index contributed by atoms with van der Waals surface area (Å²) in [7, 11) is 0. The Balaban J connectivity index is 1.83. The van der Waals surface area contributed by atoms with Gasteiger partial charge in [-0.1, -0.05) is 20.8 Å². The molecule has 0 spiro atoms. The van der Waals surface area contributed by atoms with Crippen LogP contribution < -0.4 is 5.73 Å². The van der Waals surface area contributed by atoms with Crippen molar-refractivity contribution in [1.82, 2.24) is 0 Å². The molecule has 4 aliphatic rings. The maximum absolute atomic E-state index is 6.29. The van der Waals surface area contributed by atoms with Crippen molar-refractivity contribution < 1.29 is 4.42 Å². The van der Waals surface area contributed by atoms with E-state index >= 15 is 0 Å². The quantitative estimate of drug-likeness (QED) is 0.810. The van der Waals surface area contributed by atoms with Crippen LogP contribution in [0.15, 0.2) is 10.7 Å². The van der Waals surface area contributed by atoms with E-state index in [2.05, 4.69) is 20.8 Å². The number of hydrogen-bond acceptors (Lipinski definition) is 2. The average molecular weight is 273 g/mol. The second kappa shape index (κ2) is 3.84. The number of furan rings is 1. The summed E-state index contributed by atoms with van der Waals surface area (Å²) in [4.78, 5) is 0. The van der Waals surface area contributed by atoms with E-state index in [-0.39, 0.29) is 5.41 Å². The van der Waals surface area contributed by atoms with Crippen molar-refractivity contribution in [2.75, 3.05) is 5.73 Å². The molecular formula is C18H27NO. The largest absolute Gasteiger partial charge is 0.449 e. The third-order valence-corrected chi connectivity index (χ3v) is 6.20. The molecule has 1 aromatic rings. The molecule has 1 heterocycles. The molecule has 4 aliphatic carbocycles. The summed E-state index contributed by atoms with van der Waals surface area (Å²) in [5.74, 6) is 3.55. The van der Waals surface area contributed by atoms with Crippen LogP contribution in [0.1, 0.15) is 70.4 Å². The Kier molecular flexibility index (Phi) is 2.45. The highest BCUT2D eigenvalue weighted by atomic mass is 16.3. The zero-order chi connectivity index (χ0) is 14.1. The second-order valence-corrected chi connectivity index (χ2v) is 8.84. The van der Waals surface area contributed by atoms with E-state index in [0.717, 1.165) is 17.8 Å². The van der Waals surface area contributed by atoms with Crippen LogP contribution >= 0.6 is 0 Å². The third-order valence-electron chi connectivity index (χ3n) is 6.20. The lowest BCUT2D eigenvalue weighted by Crippen LogP contribution is -2.49. The topological polar surface area (TPSA) is 39.2 Å². The molecule has 2 heteroatoms. The van der Waals surface area contributed by atoms with Gasteiger partial charge in [0, 0.05) is 16.5 Å². The summed E-state index contributed by atoms with van der Waals surface area (Å²) in [6.07, 6.45) is 10.4. The Morgan fingerprint density at radius 1 is 1.05 bits per heavy atom. The first kappa shape index (κ1) is 12.8. The van der Waals surface area contributed by atoms with Crippen LogP contribution in [0.5, 0.6) is 0 Å². The van der Waals surface area contributed by atoms with Crippen molar-refractivity contribution >= 4 is 5.88 Å². The molecule has 0 radical (unpaired) electrons. The second-order valence-electron chi connectivity index (χ2n) is 8.84. The van der Waals surface area contributed by atoms with Gasteiger partial charge in [0.05, 0.1) is 6.26 Å². The third kappa shape index (κ3) is 1.69. The molecule has 110 valence electrons. The molecule has 4 bridgehead atoms. The lowest BCUT2D eigenvalue weighted by molar-refractivity contribution is -0.00564. The average Bonchev–Trinajstić information content (AvgIpc) is 2.69. The molecule has 4 fully saturated rings. The SMILES string of the molecule is CC(C)(C)c1coc(N)c1C12CC3CC(CC(C3)C1)C2. The van der Waals surface area contributed by atoms with Crippen LogP contribution in [-0.2, 0) is 10.8 Å². The number of nitrogen functional groups attached to an aromatic ring is 1. The van der Waals surface area contributed by atoms with E-state index in [1.165, 1.54) is 49.7 Å². The molecule has 0 aromatic carbocycles. The monoisotopic (exact) mass is 273 g/mol. The molecule has 0 unspecified atom stereocenters. The van der Waals surface area contributed by atoms with Gasteiger partial charge < -0.3 is 10.2 Å². The van der Waals surface area contributed by atoms with Gasteiger partial charge in [0.15, 0.2) is 5.88 Å². The van der Waals surface area contributed by atoms with Gasteiger partial charge in [0.2, 0.25) is 0 Å². The van der Waals surface area contributed by atoms with Gasteiger partial charge in [0.25, 0.3) is 0 Å². The van der Waals surface area contributed by atoms with Crippen molar-refractivity contribution in [3.8, 4) is 0 Å². The first-order valence-electron chi connectivity index (χ1n) is 8.25. The molecule has 0 saturated heterocycles. The summed E-state index contributed by atoms with van der Waals surface area (Å²) >= 11 is 0. The van der Waals surface area contributed by atoms with Gasteiger partial charge in [-0.3, -0.25) is 0 Å². The Morgan fingerprint density at radius 3 is 2.00 bits per heavy atom. The number of nitrogens with two attached hydrogens (primary N) is 1. The van der Waals surface area contributed by atoms with Crippen LogP contribution in [0.3, 0.4) is 0 Å². The summed E-state index contributed by atoms with van der Waals surface area (Å²) < 4.78 is 5.69. The number of rotatable bonds is 1. The predicted molar refractivity (Wildman–Crippen MR) is 81.7 cm³/mol. The molecular weight excluding hydrogens is 246 g/mol. The Labute approximate surface area is 122 Å². The van der Waals surface area contributed by atoms with Crippen LogP contribution in [0.2, 0.25) is 0 Å². The number of hydrogen-bond donors (Lipinski definition) is 1. The molecule has 5 rings (SSSR count). The molecule has 1 aromatic heterocycles. The smallest absolute Gasteiger partial charge is 0.194 e. The normalized spacial score (nSPS) is 39.5. The summed E-state index contributed by atoms with van der Waals surface area (Å²) in [5, 5.41) is 0. The zero-order valence-electron chi connectivity index (χ0n) is 13.0. The fourth-order valence-corrected chi connectivity index (χ4v) is 5.89. The van der Waals surface area contributed by atoms with Crippen LogP contribution in [0.25, 0.3) is 0 Å². The first-order chi connectivity index (χ1) is 9.37. The highest BCUT2D eigenvalue weighted by Gasteiger charge is 2.54. The van der Waals surface area contributed by atoms with Gasteiger partial charge in [-0.15, -0.1) is 0 Å². The highest BCUT2D eigenvalue weighted by molar-refractivity contribution is 5.51. The van der Waals surface area contributed by atoms with Gasteiger partial charge in [-0.05, 0) is 61.7 Å². The Bertz CT molecular complexity index is 499. The van der Waals surface area contributed by atoms with Crippen molar-refractivity contribution in [1.29, 1.82) is 0 Å². The molecule has 0 amide bonds. The van der Waals surface area contributed by atoms with E-state index < -0.39 is 0 Å². The first-order valence-corrected chi connectivity index (χ1v) is 8.25. The standard InChI is InChI=1S/C18H27NO/c1-17(2,3)14-10-20-16(19)15(14)18-7-11-4-12(8-18)6-13(5-11)9-18/h10-13H,4-9,19H2,1-3H3. The predicted octanol–water partition coefficient (Wildman–Crippen LogP) is 4.63. The van der Waals surface area contributed by atoms with Crippen molar-refractivity contribution in [2.24, 2.45) is 17.8 Å². The minimum Gasteiger partial charge on any atom is -0.449 e. The minimum atomic E-state index is 0.125. The number of anilines is 1. The summed E-state index contributed by atoms with van der Waals surface area (Å²) in [6.45, 7) is 6.84. The van der Waals surface area contributed by atoms with E-state index in [1.54, 1.807) is 0 Å². The van der Waals surface area contributed by atoms with Gasteiger partial charge in [0.1, 0.15) is 0 Å².